The van der Waals surface area contributed by atoms with E-state index in [9.17, 15) is 39.0 Å². The van der Waals surface area contributed by atoms with Gasteiger partial charge in [-0.1, -0.05) is 237 Å². The molecule has 20 rings (SSSR count). The van der Waals surface area contributed by atoms with Gasteiger partial charge < -0.3 is 68.9 Å². The summed E-state index contributed by atoms with van der Waals surface area (Å²) in [5.41, 5.74) is 14.1. The van der Waals surface area contributed by atoms with Crippen molar-refractivity contribution in [1.82, 2.24) is 0 Å². The molecule has 0 bridgehead atoms. The molecule has 1 unspecified atom stereocenters. The van der Waals surface area contributed by atoms with Crippen molar-refractivity contribution in [3.8, 4) is 17.2 Å². The molecule has 0 saturated carbocycles. The van der Waals surface area contributed by atoms with Crippen molar-refractivity contribution < 1.29 is 97.7 Å². The zero-order chi connectivity index (χ0) is 88.5. The van der Waals surface area contributed by atoms with Gasteiger partial charge in [0.1, 0.15) is 43.2 Å². The number of methoxy groups -OCH3 is 1. The molecule has 0 radical (unpaired) electrons. The minimum absolute atomic E-state index is 0.00467. The molecule has 0 saturated heterocycles. The van der Waals surface area contributed by atoms with Crippen LogP contribution in [0.1, 0.15) is 113 Å². The Balaban J connectivity index is 0.000000118. The monoisotopic (exact) mass is 1690 g/mol. The number of aliphatic hydroxyl groups excluding tert-OH is 7. The second-order valence-corrected chi connectivity index (χ2v) is 30.3. The molecule has 14 aromatic rings. The van der Waals surface area contributed by atoms with Crippen LogP contribution in [0.3, 0.4) is 0 Å². The summed E-state index contributed by atoms with van der Waals surface area (Å²) in [5.74, 6) is 2.76. The van der Waals surface area contributed by atoms with Crippen LogP contribution in [0.4, 0.5) is 0 Å². The van der Waals surface area contributed by atoms with Crippen molar-refractivity contribution in [2.75, 3.05) is 86.4 Å². The maximum atomic E-state index is 12.9. The number of carbonyl (C=O) groups is 6. The van der Waals surface area contributed by atoms with Crippen LogP contribution in [0.25, 0.3) is 100 Å². The van der Waals surface area contributed by atoms with Crippen molar-refractivity contribution in [3.63, 3.8) is 0 Å². The molecular weight excluding hydrogens is 1610 g/mol. The Morgan fingerprint density at radius 3 is 1.07 bits per heavy atom. The number of ketones is 6. The molecule has 0 heterocycles. The fraction of sp³-hybridized carbons (Fsp3) is 0.159. The number of Topliss-reactive ketones (excluding diaryl/α,β-unsaturated/α-hetero) is 4. The maximum Gasteiger partial charge on any atom is 0.193 e. The molecule has 638 valence electrons. The second-order valence-electron chi connectivity index (χ2n) is 30.3. The Morgan fingerprint density at radius 2 is 0.669 bits per heavy atom. The number of ether oxygens (including phenoxy) is 7. The third-order valence-electron chi connectivity index (χ3n) is 22.1. The van der Waals surface area contributed by atoms with Crippen molar-refractivity contribution in [2.45, 2.75) is 25.7 Å². The van der Waals surface area contributed by atoms with E-state index in [4.69, 9.17) is 58.7 Å². The molecule has 20 heteroatoms. The molecule has 0 amide bonds. The number of hydrogen-bond donors (Lipinski definition) is 7. The minimum Gasteiger partial charge on any atom is -0.493 e. The zero-order valence-electron chi connectivity index (χ0n) is 69.4. The van der Waals surface area contributed by atoms with Gasteiger partial charge in [-0.3, -0.25) is 28.8 Å². The topological polar surface area (TPSA) is 309 Å². The molecule has 6 aliphatic rings. The fourth-order valence-electron chi connectivity index (χ4n) is 16.1. The van der Waals surface area contributed by atoms with Crippen LogP contribution in [0.5, 0.6) is 17.2 Å². The van der Waals surface area contributed by atoms with Gasteiger partial charge in [-0.25, -0.2) is 0 Å². The van der Waals surface area contributed by atoms with E-state index in [1.165, 1.54) is 12.2 Å². The second kappa shape index (κ2) is 41.0. The smallest absolute Gasteiger partial charge is 0.193 e. The zero-order valence-corrected chi connectivity index (χ0v) is 69.4. The quantitative estimate of drug-likeness (QED) is 0.0262. The summed E-state index contributed by atoms with van der Waals surface area (Å²) in [7, 11) is 1.55. The molecule has 0 spiro atoms. The molecule has 1 atom stereocenters. The number of aliphatic hydroxyl groups is 7. The van der Waals surface area contributed by atoms with E-state index < -0.39 is 6.10 Å². The summed E-state index contributed by atoms with van der Waals surface area (Å²) in [6.45, 7) is 1.39. The van der Waals surface area contributed by atoms with Crippen molar-refractivity contribution in [2.24, 2.45) is 0 Å². The summed E-state index contributed by atoms with van der Waals surface area (Å²) < 4.78 is 38.7. The number of allylic oxidation sites excluding steroid dienone is 2. The summed E-state index contributed by atoms with van der Waals surface area (Å²) in [6.07, 6.45) is 10.1. The first-order valence-electron chi connectivity index (χ1n) is 41.5. The number of hydrogen-bond acceptors (Lipinski definition) is 20. The SMILES string of the molecule is COc1cc(CO)ccc1OCC1=Cc2cccc3cccc(c23)C1=O.O=C1C(CO)=Cc2cccc3cccc1c23.O=C1C(COCC(O)CO)=Cc2cccc3cccc1c23.O=C1C(COc2ccc(CO)cc2)=Cc2cccc3cccc1c23.O=C1C=C(OCCCO)c2cccc3cccc1c23.O=C1C=C(OCCOCCO)c2cccc3cccc1c23. The van der Waals surface area contributed by atoms with Crippen molar-refractivity contribution in [3.05, 3.63) is 373 Å². The van der Waals surface area contributed by atoms with Crippen LogP contribution < -0.4 is 14.2 Å². The molecule has 14 aromatic carbocycles. The van der Waals surface area contributed by atoms with Crippen LogP contribution in [-0.2, 0) is 32.2 Å². The van der Waals surface area contributed by atoms with Gasteiger partial charge in [0, 0.05) is 124 Å². The summed E-state index contributed by atoms with van der Waals surface area (Å²) in [4.78, 5) is 74.4. The van der Waals surface area contributed by atoms with Crippen LogP contribution >= 0.6 is 0 Å². The Kier molecular flexibility index (Phi) is 28.3. The number of carbonyl (C=O) groups excluding carboxylic acids is 6. The molecule has 127 heavy (non-hydrogen) atoms. The maximum absolute atomic E-state index is 12.9. The van der Waals surface area contributed by atoms with Gasteiger partial charge in [-0.2, -0.15) is 0 Å². The fourth-order valence-corrected chi connectivity index (χ4v) is 16.1. The lowest BCUT2D eigenvalue weighted by molar-refractivity contribution is 0.0131. The molecule has 0 aromatic heterocycles. The van der Waals surface area contributed by atoms with Crippen molar-refractivity contribution in [1.29, 1.82) is 0 Å². The normalized spacial score (nSPS) is 13.6. The predicted octanol–water partition coefficient (Wildman–Crippen LogP) is 17.4. The van der Waals surface area contributed by atoms with Gasteiger partial charge in [0.2, 0.25) is 0 Å². The molecule has 20 nitrogen and oxygen atoms in total. The van der Waals surface area contributed by atoms with Gasteiger partial charge in [0.05, 0.1) is 73.2 Å². The molecule has 0 fully saturated rings. The van der Waals surface area contributed by atoms with Crippen LogP contribution in [0.15, 0.2) is 295 Å². The third-order valence-corrected chi connectivity index (χ3v) is 22.1. The van der Waals surface area contributed by atoms with Crippen LogP contribution in [-0.4, -0.2) is 163 Å². The van der Waals surface area contributed by atoms with Crippen LogP contribution in [0.2, 0.25) is 0 Å². The largest absolute Gasteiger partial charge is 0.493 e. The van der Waals surface area contributed by atoms with Gasteiger partial charge in [0.25, 0.3) is 0 Å². The van der Waals surface area contributed by atoms with Gasteiger partial charge >= 0.3 is 0 Å². The average Bonchev–Trinajstić information content (AvgIpc) is 0.776. The van der Waals surface area contributed by atoms with Gasteiger partial charge in [0.15, 0.2) is 46.2 Å². The van der Waals surface area contributed by atoms with E-state index in [0.29, 0.717) is 106 Å². The Hall–Kier alpha value is -14.3. The standard InChI is InChI=1S/C22H18O4.C21H16O3.2C17H16O4.C16H14O3.C14H10O2/c1-25-20-10-14(12-23)8-9-19(20)26-13-17-11-16-6-2-4-15-5-3-7-18(21(15)16)22(17)24;22-12-14-7-9-18(10-8-14)24-13-17-11-16-5-1-3-15-4-2-6-19(20(15)16)21(17)23;18-8-14(19)10-21-9-13-7-12-5-1-3-11-4-2-6-15(16(11)12)17(13)20;18-7-8-20-9-10-21-16-11-15(19)13-5-1-3-12-4-2-6-14(16)17(12)13;17-8-3-9-19-15-10-14(18)12-6-1-4-11-5-2-7-13(15)16(11)12;15-8-11-7-10-5-1-3-9-4-2-6-12(13(9)10)14(11)16/h2-11,23H,12-13H2,1H3;1-11,22H,12-13H2;1-7,14,18-19H,8-10H2;1-6,11,18H,7-10H2;1-2,4-7,10,17H,3,8-9H2;1-7,15H,8H2. The average molecular weight is 1700 g/mol. The van der Waals surface area contributed by atoms with E-state index in [1.54, 1.807) is 43.5 Å². The summed E-state index contributed by atoms with van der Waals surface area (Å²) in [6, 6.07) is 82.6. The molecule has 7 N–H and O–H groups in total. The van der Waals surface area contributed by atoms with E-state index in [-0.39, 0.29) is 101 Å². The minimum atomic E-state index is -0.917. The number of benzene rings is 14. The first-order chi connectivity index (χ1) is 62.1. The molecule has 6 aliphatic carbocycles. The highest BCUT2D eigenvalue weighted by atomic mass is 16.5. The van der Waals surface area contributed by atoms with E-state index in [2.05, 4.69) is 0 Å². The Labute approximate surface area is 731 Å². The lowest BCUT2D eigenvalue weighted by atomic mass is 9.88. The van der Waals surface area contributed by atoms with E-state index in [0.717, 1.165) is 120 Å². The highest BCUT2D eigenvalue weighted by Gasteiger charge is 2.29. The van der Waals surface area contributed by atoms with E-state index >= 15 is 0 Å². The molecular formula is C107H90O20. The predicted molar refractivity (Wildman–Crippen MR) is 492 cm³/mol. The van der Waals surface area contributed by atoms with Gasteiger partial charge in [-0.05, 0) is 114 Å². The van der Waals surface area contributed by atoms with Crippen molar-refractivity contribution >= 4 is 135 Å². The van der Waals surface area contributed by atoms with Gasteiger partial charge in [-0.15, -0.1) is 0 Å². The highest BCUT2D eigenvalue weighted by molar-refractivity contribution is 6.27. The Bertz CT molecular complexity index is 6750. The van der Waals surface area contributed by atoms with E-state index in [1.807, 2.05) is 249 Å². The number of rotatable bonds is 25. The first kappa shape index (κ1) is 87.6. The highest BCUT2D eigenvalue weighted by Crippen LogP contribution is 2.40. The lowest BCUT2D eigenvalue weighted by Gasteiger charge is -2.18. The summed E-state index contributed by atoms with van der Waals surface area (Å²) in [5, 5.41) is 75.1. The summed E-state index contributed by atoms with van der Waals surface area (Å²) >= 11 is 0. The first-order valence-corrected chi connectivity index (χ1v) is 41.5. The Morgan fingerprint density at radius 1 is 0.299 bits per heavy atom. The molecule has 0 aliphatic heterocycles. The lowest BCUT2D eigenvalue weighted by Crippen LogP contribution is -2.22. The third kappa shape index (κ3) is 19.5. The van der Waals surface area contributed by atoms with Crippen LogP contribution in [0, 0.1) is 0 Å².